The van der Waals surface area contributed by atoms with E-state index >= 15 is 0 Å². The van der Waals surface area contributed by atoms with Crippen molar-refractivity contribution in [3.63, 3.8) is 0 Å². The summed E-state index contributed by atoms with van der Waals surface area (Å²) in [4.78, 5) is 13.9. The third-order valence-corrected chi connectivity index (χ3v) is 3.06. The first kappa shape index (κ1) is 16.2. The molecule has 100 valence electrons. The fraction of sp³-hybridized carbons (Fsp3) is 0.800. The number of unbranched alkanes of at least 4 members (excludes halogenated alkanes) is 5. The van der Waals surface area contributed by atoms with E-state index in [-0.39, 0.29) is 0 Å². The molecule has 0 aromatic heterocycles. The lowest BCUT2D eigenvalue weighted by Gasteiger charge is -2.20. The van der Waals surface area contributed by atoms with E-state index in [1.165, 1.54) is 19.3 Å². The van der Waals surface area contributed by atoms with Crippen LogP contribution in [0.1, 0.15) is 65.2 Å². The summed E-state index contributed by atoms with van der Waals surface area (Å²) in [5.74, 6) is 0.338. The molecule has 0 aromatic rings. The standard InChI is InChI=1S/C15H29NO/c1-4-7-9-10-11-12-13-15(17)16(6-3)14-8-5-2/h4H,1,5-14H2,2-3H3. The van der Waals surface area contributed by atoms with Crippen LogP contribution in [0.5, 0.6) is 0 Å². The maximum Gasteiger partial charge on any atom is 0.222 e. The zero-order valence-electron chi connectivity index (χ0n) is 11.7. The lowest BCUT2D eigenvalue weighted by Crippen LogP contribution is -2.31. The Hall–Kier alpha value is -0.790. The fourth-order valence-electron chi connectivity index (χ4n) is 1.88. The number of amides is 1. The average Bonchev–Trinajstić information content (AvgIpc) is 2.34. The number of carbonyl (C=O) groups excluding carboxylic acids is 1. The maximum atomic E-state index is 11.9. The van der Waals surface area contributed by atoms with E-state index < -0.39 is 0 Å². The van der Waals surface area contributed by atoms with Gasteiger partial charge < -0.3 is 4.90 Å². The van der Waals surface area contributed by atoms with Gasteiger partial charge in [-0.1, -0.05) is 32.3 Å². The van der Waals surface area contributed by atoms with E-state index in [0.29, 0.717) is 5.91 Å². The van der Waals surface area contributed by atoms with Crippen LogP contribution in [0.2, 0.25) is 0 Å². The highest BCUT2D eigenvalue weighted by Gasteiger charge is 2.09. The van der Waals surface area contributed by atoms with Crippen LogP contribution in [-0.2, 0) is 4.79 Å². The van der Waals surface area contributed by atoms with E-state index in [1.807, 2.05) is 11.0 Å². The fourth-order valence-corrected chi connectivity index (χ4v) is 1.88. The number of nitrogens with zero attached hydrogens (tertiary/aromatic N) is 1. The molecule has 0 bridgehead atoms. The average molecular weight is 239 g/mol. The van der Waals surface area contributed by atoms with Gasteiger partial charge in [0.15, 0.2) is 0 Å². The number of carbonyl (C=O) groups is 1. The van der Waals surface area contributed by atoms with Crippen molar-refractivity contribution in [1.82, 2.24) is 4.90 Å². The second-order valence-electron chi connectivity index (χ2n) is 4.57. The van der Waals surface area contributed by atoms with Gasteiger partial charge in [-0.15, -0.1) is 6.58 Å². The highest BCUT2D eigenvalue weighted by molar-refractivity contribution is 5.76. The molecular formula is C15H29NO. The molecule has 0 fully saturated rings. The highest BCUT2D eigenvalue weighted by atomic mass is 16.2. The van der Waals surface area contributed by atoms with Crippen LogP contribution in [-0.4, -0.2) is 23.9 Å². The van der Waals surface area contributed by atoms with Crippen molar-refractivity contribution in [3.05, 3.63) is 12.7 Å². The minimum atomic E-state index is 0.338. The van der Waals surface area contributed by atoms with E-state index in [2.05, 4.69) is 20.4 Å². The highest BCUT2D eigenvalue weighted by Crippen LogP contribution is 2.08. The summed E-state index contributed by atoms with van der Waals surface area (Å²) in [5, 5.41) is 0. The van der Waals surface area contributed by atoms with Gasteiger partial charge in [-0.25, -0.2) is 0 Å². The van der Waals surface area contributed by atoms with E-state index in [9.17, 15) is 4.79 Å². The Labute approximate surface area is 107 Å². The molecule has 0 saturated heterocycles. The molecule has 0 unspecified atom stereocenters. The monoisotopic (exact) mass is 239 g/mol. The van der Waals surface area contributed by atoms with Gasteiger partial charge in [0.1, 0.15) is 0 Å². The number of allylic oxidation sites excluding steroid dienone is 1. The summed E-state index contributed by atoms with van der Waals surface area (Å²) in [6, 6.07) is 0. The third kappa shape index (κ3) is 8.96. The summed E-state index contributed by atoms with van der Waals surface area (Å²) in [5.41, 5.74) is 0. The Morgan fingerprint density at radius 1 is 1.12 bits per heavy atom. The smallest absolute Gasteiger partial charge is 0.222 e. The predicted molar refractivity (Wildman–Crippen MR) is 75.1 cm³/mol. The van der Waals surface area contributed by atoms with Gasteiger partial charge >= 0.3 is 0 Å². The van der Waals surface area contributed by atoms with Gasteiger partial charge in [0.2, 0.25) is 5.91 Å². The molecule has 17 heavy (non-hydrogen) atoms. The third-order valence-electron chi connectivity index (χ3n) is 3.06. The largest absolute Gasteiger partial charge is 0.343 e. The molecule has 0 atom stereocenters. The van der Waals surface area contributed by atoms with Crippen molar-refractivity contribution < 1.29 is 4.79 Å². The molecule has 0 spiro atoms. The molecule has 0 saturated carbocycles. The molecule has 2 nitrogen and oxygen atoms in total. The molecule has 0 radical (unpaired) electrons. The van der Waals surface area contributed by atoms with Crippen LogP contribution in [0.3, 0.4) is 0 Å². The van der Waals surface area contributed by atoms with Crippen LogP contribution in [0.25, 0.3) is 0 Å². The molecular weight excluding hydrogens is 210 g/mol. The lowest BCUT2D eigenvalue weighted by molar-refractivity contribution is -0.131. The van der Waals surface area contributed by atoms with E-state index in [0.717, 1.165) is 45.2 Å². The van der Waals surface area contributed by atoms with Gasteiger partial charge in [0, 0.05) is 19.5 Å². The number of hydrogen-bond acceptors (Lipinski definition) is 1. The predicted octanol–water partition coefficient (Wildman–Crippen LogP) is 4.16. The topological polar surface area (TPSA) is 20.3 Å². The van der Waals surface area contributed by atoms with Gasteiger partial charge in [0.25, 0.3) is 0 Å². The molecule has 0 aliphatic rings. The Balaban J connectivity index is 3.57. The van der Waals surface area contributed by atoms with Crippen LogP contribution >= 0.6 is 0 Å². The Kier molecular flexibility index (Phi) is 11.1. The van der Waals surface area contributed by atoms with E-state index in [4.69, 9.17) is 0 Å². The van der Waals surface area contributed by atoms with Crippen LogP contribution in [0.4, 0.5) is 0 Å². The Morgan fingerprint density at radius 3 is 2.41 bits per heavy atom. The summed E-state index contributed by atoms with van der Waals surface area (Å²) < 4.78 is 0. The molecule has 0 aromatic carbocycles. The first-order chi connectivity index (χ1) is 8.26. The molecule has 0 aliphatic heterocycles. The lowest BCUT2D eigenvalue weighted by atomic mass is 10.1. The molecule has 2 heteroatoms. The van der Waals surface area contributed by atoms with Gasteiger partial charge in [0.05, 0.1) is 0 Å². The zero-order chi connectivity index (χ0) is 12.9. The van der Waals surface area contributed by atoms with Crippen molar-refractivity contribution in [2.75, 3.05) is 13.1 Å². The number of hydrogen-bond donors (Lipinski definition) is 0. The van der Waals surface area contributed by atoms with Crippen molar-refractivity contribution in [1.29, 1.82) is 0 Å². The Morgan fingerprint density at radius 2 is 1.82 bits per heavy atom. The van der Waals surface area contributed by atoms with Crippen molar-refractivity contribution in [2.45, 2.75) is 65.2 Å². The summed E-state index contributed by atoms with van der Waals surface area (Å²) in [6.07, 6.45) is 10.7. The minimum Gasteiger partial charge on any atom is -0.343 e. The minimum absolute atomic E-state index is 0.338. The van der Waals surface area contributed by atoms with Crippen molar-refractivity contribution >= 4 is 5.91 Å². The normalized spacial score (nSPS) is 10.2. The zero-order valence-corrected chi connectivity index (χ0v) is 11.7. The molecule has 0 aliphatic carbocycles. The maximum absolute atomic E-state index is 11.9. The van der Waals surface area contributed by atoms with Crippen molar-refractivity contribution in [2.24, 2.45) is 0 Å². The number of rotatable bonds is 11. The first-order valence-corrected chi connectivity index (χ1v) is 7.14. The van der Waals surface area contributed by atoms with Gasteiger partial charge in [-0.3, -0.25) is 4.79 Å². The van der Waals surface area contributed by atoms with E-state index in [1.54, 1.807) is 0 Å². The molecule has 0 heterocycles. The van der Waals surface area contributed by atoms with Crippen LogP contribution < -0.4 is 0 Å². The summed E-state index contributed by atoms with van der Waals surface area (Å²) >= 11 is 0. The van der Waals surface area contributed by atoms with Crippen molar-refractivity contribution in [3.8, 4) is 0 Å². The second-order valence-corrected chi connectivity index (χ2v) is 4.57. The molecule has 1 amide bonds. The van der Waals surface area contributed by atoms with Gasteiger partial charge in [-0.05, 0) is 32.6 Å². The van der Waals surface area contributed by atoms with Crippen LogP contribution in [0, 0.1) is 0 Å². The second kappa shape index (κ2) is 11.7. The summed E-state index contributed by atoms with van der Waals surface area (Å²) in [6.45, 7) is 9.73. The first-order valence-electron chi connectivity index (χ1n) is 7.14. The summed E-state index contributed by atoms with van der Waals surface area (Å²) in [7, 11) is 0. The molecule has 0 N–H and O–H groups in total. The van der Waals surface area contributed by atoms with Crippen LogP contribution in [0.15, 0.2) is 12.7 Å². The molecule has 0 rings (SSSR count). The van der Waals surface area contributed by atoms with Gasteiger partial charge in [-0.2, -0.15) is 0 Å². The SMILES string of the molecule is C=CCCCCCCC(=O)N(CC)CCCC. The quantitative estimate of drug-likeness (QED) is 0.391. The Bertz CT molecular complexity index is 201.